The van der Waals surface area contributed by atoms with Gasteiger partial charge >= 0.3 is 6.03 Å². The van der Waals surface area contributed by atoms with E-state index in [1.165, 1.54) is 11.1 Å². The van der Waals surface area contributed by atoms with Gasteiger partial charge in [-0.25, -0.2) is 4.79 Å². The van der Waals surface area contributed by atoms with Crippen LogP contribution in [0.15, 0.2) is 24.3 Å². The molecule has 3 aliphatic rings. The molecule has 0 aromatic heterocycles. The zero-order valence-electron chi connectivity index (χ0n) is 19.1. The number of urea groups is 1. The molecule has 3 aliphatic heterocycles. The zero-order valence-corrected chi connectivity index (χ0v) is 20.0. The Labute approximate surface area is 195 Å². The lowest BCUT2D eigenvalue weighted by Gasteiger charge is -2.35. The van der Waals surface area contributed by atoms with Crippen molar-refractivity contribution in [2.24, 2.45) is 0 Å². The van der Waals surface area contributed by atoms with Gasteiger partial charge in [-0.15, -0.1) is 0 Å². The summed E-state index contributed by atoms with van der Waals surface area (Å²) in [6.45, 7) is 7.58. The maximum Gasteiger partial charge on any atom is 0.315 e. The largest absolute Gasteiger partial charge is 0.373 e. The van der Waals surface area contributed by atoms with Crippen molar-refractivity contribution in [3.05, 3.63) is 35.4 Å². The number of thioether (sulfide) groups is 1. The van der Waals surface area contributed by atoms with E-state index in [0.717, 1.165) is 44.6 Å². The van der Waals surface area contributed by atoms with Crippen LogP contribution in [0.2, 0.25) is 0 Å². The molecular formula is C24H36N4O3S. The van der Waals surface area contributed by atoms with Crippen LogP contribution >= 0.6 is 11.8 Å². The summed E-state index contributed by atoms with van der Waals surface area (Å²) in [5, 5.41) is 9.58. The van der Waals surface area contributed by atoms with Gasteiger partial charge in [0.1, 0.15) is 0 Å². The first-order chi connectivity index (χ1) is 15.5. The Morgan fingerprint density at radius 1 is 1.16 bits per heavy atom. The Hall–Kier alpha value is -1.77. The maximum absolute atomic E-state index is 12.4. The summed E-state index contributed by atoms with van der Waals surface area (Å²) in [4.78, 5) is 26.3. The van der Waals surface area contributed by atoms with E-state index in [1.54, 1.807) is 0 Å². The lowest BCUT2D eigenvalue weighted by atomic mass is 10.0. The summed E-state index contributed by atoms with van der Waals surface area (Å²) >= 11 is 1.93. The van der Waals surface area contributed by atoms with Crippen LogP contribution in [0, 0.1) is 0 Å². The number of ether oxygens (including phenoxy) is 1. The third kappa shape index (κ3) is 6.17. The number of amides is 3. The quantitative estimate of drug-likeness (QED) is 0.390. The van der Waals surface area contributed by atoms with Gasteiger partial charge in [-0.3, -0.25) is 9.69 Å². The van der Waals surface area contributed by atoms with Crippen molar-refractivity contribution in [3.63, 3.8) is 0 Å². The second-order valence-corrected chi connectivity index (χ2v) is 10.6. The monoisotopic (exact) mass is 460 g/mol. The number of benzene rings is 1. The second kappa shape index (κ2) is 10.9. The molecule has 0 radical (unpaired) electrons. The number of unbranched alkanes of at least 4 members (excludes halogenated alkanes) is 1. The summed E-state index contributed by atoms with van der Waals surface area (Å²) in [5.41, 5.74) is 2.46. The van der Waals surface area contributed by atoms with Crippen LogP contribution in [0.1, 0.15) is 50.7 Å². The first-order valence-corrected chi connectivity index (χ1v) is 12.9. The van der Waals surface area contributed by atoms with E-state index in [0.29, 0.717) is 18.2 Å². The van der Waals surface area contributed by atoms with Crippen LogP contribution in [0.25, 0.3) is 0 Å². The van der Waals surface area contributed by atoms with Crippen molar-refractivity contribution < 1.29 is 14.3 Å². The first-order valence-electron chi connectivity index (χ1n) is 11.9. The van der Waals surface area contributed by atoms with E-state index < -0.39 is 0 Å². The number of hydrogen-bond acceptors (Lipinski definition) is 5. The fourth-order valence-electron chi connectivity index (χ4n) is 5.09. The van der Waals surface area contributed by atoms with Crippen LogP contribution in [-0.4, -0.2) is 65.2 Å². The van der Waals surface area contributed by atoms with Gasteiger partial charge in [-0.05, 0) is 37.8 Å². The fraction of sp³-hybridized carbons (Fsp3) is 0.667. The molecule has 3 amide bonds. The highest BCUT2D eigenvalue weighted by Crippen LogP contribution is 2.33. The van der Waals surface area contributed by atoms with E-state index in [9.17, 15) is 9.59 Å². The van der Waals surface area contributed by atoms with Gasteiger partial charge in [-0.1, -0.05) is 30.7 Å². The molecule has 32 heavy (non-hydrogen) atoms. The lowest BCUT2D eigenvalue weighted by Crippen LogP contribution is -2.45. The van der Waals surface area contributed by atoms with Crippen molar-refractivity contribution in [2.45, 2.75) is 82.2 Å². The molecule has 3 saturated heterocycles. The zero-order chi connectivity index (χ0) is 22.5. The Bertz CT molecular complexity index is 797. The van der Waals surface area contributed by atoms with Crippen LogP contribution in [0.3, 0.4) is 0 Å². The number of nitrogens with one attached hydrogen (secondary N) is 3. The number of rotatable bonds is 9. The van der Waals surface area contributed by atoms with Crippen molar-refractivity contribution in [3.8, 4) is 0 Å². The molecule has 1 aromatic rings. The Morgan fingerprint density at radius 3 is 2.69 bits per heavy atom. The first kappa shape index (κ1) is 23.4. The average Bonchev–Trinajstić information content (AvgIpc) is 3.29. The summed E-state index contributed by atoms with van der Waals surface area (Å²) in [5.74, 6) is 1.09. The number of carbonyl (C=O) groups is 2. The smallest absolute Gasteiger partial charge is 0.315 e. The molecule has 176 valence electrons. The van der Waals surface area contributed by atoms with Crippen molar-refractivity contribution >= 4 is 23.7 Å². The minimum Gasteiger partial charge on any atom is -0.373 e. The molecule has 7 nitrogen and oxygen atoms in total. The molecule has 3 N–H and O–H groups in total. The van der Waals surface area contributed by atoms with E-state index >= 15 is 0 Å². The van der Waals surface area contributed by atoms with Crippen molar-refractivity contribution in [1.82, 2.24) is 20.9 Å². The topological polar surface area (TPSA) is 82.7 Å². The Balaban J connectivity index is 1.17. The summed E-state index contributed by atoms with van der Waals surface area (Å²) in [6.07, 6.45) is 3.98. The highest BCUT2D eigenvalue weighted by atomic mass is 32.2. The molecule has 8 heteroatoms. The summed E-state index contributed by atoms with van der Waals surface area (Å²) in [6, 6.07) is 8.86. The number of nitrogens with zero attached hydrogens (tertiary/aromatic N) is 1. The molecule has 0 spiro atoms. The van der Waals surface area contributed by atoms with Crippen molar-refractivity contribution in [2.75, 3.05) is 18.8 Å². The van der Waals surface area contributed by atoms with Crippen LogP contribution in [0.5, 0.6) is 0 Å². The van der Waals surface area contributed by atoms with Gasteiger partial charge in [0.15, 0.2) is 0 Å². The Kier molecular flexibility index (Phi) is 7.97. The van der Waals surface area contributed by atoms with Crippen molar-refractivity contribution in [1.29, 1.82) is 0 Å². The molecule has 1 aromatic carbocycles. The highest BCUT2D eigenvalue weighted by molar-refractivity contribution is 8.00. The second-order valence-electron chi connectivity index (χ2n) is 9.36. The predicted octanol–water partition coefficient (Wildman–Crippen LogP) is 2.64. The number of fused-ring (bicyclic) bond motifs is 1. The molecule has 0 bridgehead atoms. The van der Waals surface area contributed by atoms with E-state index in [-0.39, 0.29) is 36.2 Å². The molecule has 4 rings (SSSR count). The standard InChI is InChI=1S/C24H36N4O3S/c1-16-12-28(13-17(2)31-16)14-19-8-4-3-7-18(19)11-25-22(29)10-6-5-9-21-23-20(15-32-21)26-24(30)27-23/h3-4,7-8,16-17,20-21,23H,5-6,9-15H2,1-2H3,(H,25,29)(H2,26,27,30)/t16-,17-,20-,21-,23-/m0/s1. The minimum atomic E-state index is -0.0393. The molecule has 0 saturated carbocycles. The molecular weight excluding hydrogens is 424 g/mol. The van der Waals surface area contributed by atoms with E-state index in [1.807, 2.05) is 17.8 Å². The van der Waals surface area contributed by atoms with Crippen LogP contribution in [-0.2, 0) is 22.6 Å². The normalized spacial score (nSPS) is 29.9. The maximum atomic E-state index is 12.4. The third-order valence-corrected chi connectivity index (χ3v) is 8.07. The summed E-state index contributed by atoms with van der Waals surface area (Å²) < 4.78 is 5.85. The molecule has 0 aliphatic carbocycles. The van der Waals surface area contributed by atoms with Gasteiger partial charge < -0.3 is 20.7 Å². The minimum absolute atomic E-state index is 0.0393. The number of carbonyl (C=O) groups excluding carboxylic acids is 2. The lowest BCUT2D eigenvalue weighted by molar-refractivity contribution is -0.121. The van der Waals surface area contributed by atoms with E-state index in [2.05, 4.69) is 52.9 Å². The third-order valence-electron chi connectivity index (χ3n) is 6.56. The van der Waals surface area contributed by atoms with Gasteiger partial charge in [-0.2, -0.15) is 11.8 Å². The van der Waals surface area contributed by atoms with Crippen LogP contribution in [0.4, 0.5) is 4.79 Å². The molecule has 0 unspecified atom stereocenters. The number of hydrogen-bond donors (Lipinski definition) is 3. The Morgan fingerprint density at radius 2 is 1.91 bits per heavy atom. The highest BCUT2D eigenvalue weighted by Gasteiger charge is 2.42. The summed E-state index contributed by atoms with van der Waals surface area (Å²) in [7, 11) is 0. The molecule has 5 atom stereocenters. The van der Waals surface area contributed by atoms with E-state index in [4.69, 9.17) is 4.74 Å². The average molecular weight is 461 g/mol. The van der Waals surface area contributed by atoms with Gasteiger partial charge in [0.05, 0.1) is 24.3 Å². The van der Waals surface area contributed by atoms with Gasteiger partial charge in [0, 0.05) is 43.6 Å². The predicted molar refractivity (Wildman–Crippen MR) is 128 cm³/mol. The SMILES string of the molecule is C[C@H]1CN(Cc2ccccc2CNC(=O)CCCC[C@@H]2SC[C@@H]3NC(=O)N[C@@H]32)C[C@H](C)O1. The number of morpholine rings is 1. The van der Waals surface area contributed by atoms with Gasteiger partial charge in [0.2, 0.25) is 5.91 Å². The molecule has 3 heterocycles. The molecule has 3 fully saturated rings. The fourth-order valence-corrected chi connectivity index (χ4v) is 6.64. The van der Waals surface area contributed by atoms with Crippen LogP contribution < -0.4 is 16.0 Å². The van der Waals surface area contributed by atoms with Gasteiger partial charge in [0.25, 0.3) is 0 Å².